The van der Waals surface area contributed by atoms with E-state index in [1.165, 1.54) is 11.3 Å². The van der Waals surface area contributed by atoms with Gasteiger partial charge in [0.15, 0.2) is 16.6 Å². The zero-order valence-electron chi connectivity index (χ0n) is 21.1. The van der Waals surface area contributed by atoms with Crippen LogP contribution in [0.4, 0.5) is 5.13 Å². The van der Waals surface area contributed by atoms with Crippen LogP contribution in [0.3, 0.4) is 0 Å². The molecule has 1 heterocycles. The highest BCUT2D eigenvalue weighted by Gasteiger charge is 2.26. The van der Waals surface area contributed by atoms with Gasteiger partial charge in [-0.3, -0.25) is 9.69 Å². The molecule has 2 aromatic carbocycles. The third kappa shape index (κ3) is 6.37. The van der Waals surface area contributed by atoms with Gasteiger partial charge in [-0.1, -0.05) is 42.9 Å². The Morgan fingerprint density at radius 3 is 2.11 bits per heavy atom. The Kier molecular flexibility index (Phi) is 10.0. The number of para-hydroxylation sites is 1. The number of nitrogens with zero attached hydrogens (tertiary/aromatic N) is 3. The smallest absolute Gasteiger partial charge is 0.260 e. The highest BCUT2D eigenvalue weighted by molar-refractivity contribution is 7.22. The molecule has 0 unspecified atom stereocenters. The molecule has 1 amide bonds. The summed E-state index contributed by atoms with van der Waals surface area (Å²) < 4.78 is 18.4. The van der Waals surface area contributed by atoms with E-state index in [4.69, 9.17) is 30.8 Å². The number of ether oxygens (including phenoxy) is 3. The van der Waals surface area contributed by atoms with E-state index < -0.39 is 0 Å². The standard InChI is InChI=1S/C26H34ClN3O4S/c1-6-29(7-2)14-15-30(26-28-23-19(27)12-11-13-22(23)35-26)25(31)18-16-20(32-8-3)24(34-10-5)21(17-18)33-9-4/h11-13,16-17H,6-10,14-15H2,1-5H3. The van der Waals surface area contributed by atoms with Crippen molar-refractivity contribution in [2.45, 2.75) is 34.6 Å². The summed E-state index contributed by atoms with van der Waals surface area (Å²) in [7, 11) is 0. The van der Waals surface area contributed by atoms with Crippen molar-refractivity contribution in [3.63, 3.8) is 0 Å². The quantitative estimate of drug-likeness (QED) is 0.270. The van der Waals surface area contributed by atoms with E-state index in [-0.39, 0.29) is 5.91 Å². The fourth-order valence-corrected chi connectivity index (χ4v) is 5.04. The molecule has 0 aliphatic rings. The second kappa shape index (κ2) is 13.0. The number of rotatable bonds is 13. The summed E-state index contributed by atoms with van der Waals surface area (Å²) in [5.41, 5.74) is 1.15. The minimum atomic E-state index is -0.183. The van der Waals surface area contributed by atoms with Gasteiger partial charge < -0.3 is 19.1 Å². The number of hydrogen-bond donors (Lipinski definition) is 0. The van der Waals surface area contributed by atoms with E-state index in [2.05, 4.69) is 18.7 Å². The first kappa shape index (κ1) is 27.0. The number of likely N-dealkylation sites (N-methyl/N-ethyl adjacent to an activating group) is 1. The third-order valence-corrected chi connectivity index (χ3v) is 6.87. The van der Waals surface area contributed by atoms with E-state index in [1.54, 1.807) is 17.0 Å². The minimum absolute atomic E-state index is 0.183. The molecule has 0 bridgehead atoms. The normalized spacial score (nSPS) is 11.2. The van der Waals surface area contributed by atoms with Crippen molar-refractivity contribution in [3.8, 4) is 17.2 Å². The lowest BCUT2D eigenvalue weighted by Crippen LogP contribution is -2.39. The van der Waals surface area contributed by atoms with Crippen LogP contribution in [0.5, 0.6) is 17.2 Å². The molecule has 9 heteroatoms. The van der Waals surface area contributed by atoms with Crippen LogP contribution >= 0.6 is 22.9 Å². The van der Waals surface area contributed by atoms with Crippen LogP contribution in [-0.2, 0) is 0 Å². The van der Waals surface area contributed by atoms with Gasteiger partial charge >= 0.3 is 0 Å². The van der Waals surface area contributed by atoms with Gasteiger partial charge in [0, 0.05) is 18.7 Å². The zero-order valence-corrected chi connectivity index (χ0v) is 22.7. The summed E-state index contributed by atoms with van der Waals surface area (Å²) in [4.78, 5) is 22.7. The average Bonchev–Trinajstić information content (AvgIpc) is 3.29. The van der Waals surface area contributed by atoms with Gasteiger partial charge in [0.05, 0.1) is 29.5 Å². The molecule has 0 spiro atoms. The van der Waals surface area contributed by atoms with Gasteiger partial charge in [-0.25, -0.2) is 4.98 Å². The molecule has 0 aliphatic carbocycles. The number of carbonyl (C=O) groups excluding carboxylic acids is 1. The van der Waals surface area contributed by atoms with Crippen molar-refractivity contribution in [3.05, 3.63) is 40.9 Å². The van der Waals surface area contributed by atoms with Crippen LogP contribution in [0.2, 0.25) is 5.02 Å². The Labute approximate surface area is 216 Å². The van der Waals surface area contributed by atoms with Crippen LogP contribution in [0, 0.1) is 0 Å². The molecule has 190 valence electrons. The summed E-state index contributed by atoms with van der Waals surface area (Å²) >= 11 is 7.84. The van der Waals surface area contributed by atoms with E-state index >= 15 is 0 Å². The molecule has 0 atom stereocenters. The maximum atomic E-state index is 14.0. The number of anilines is 1. The van der Waals surface area contributed by atoms with Crippen LogP contribution < -0.4 is 19.1 Å². The van der Waals surface area contributed by atoms with E-state index in [0.29, 0.717) is 64.8 Å². The second-order valence-corrected chi connectivity index (χ2v) is 9.08. The molecule has 0 N–H and O–H groups in total. The Morgan fingerprint density at radius 1 is 0.943 bits per heavy atom. The lowest BCUT2D eigenvalue weighted by atomic mass is 10.1. The topological polar surface area (TPSA) is 64.1 Å². The van der Waals surface area contributed by atoms with Gasteiger partial charge in [0.25, 0.3) is 5.91 Å². The van der Waals surface area contributed by atoms with Gasteiger partial charge in [0.2, 0.25) is 5.75 Å². The molecular weight excluding hydrogens is 486 g/mol. The number of carbonyl (C=O) groups is 1. The highest BCUT2D eigenvalue weighted by atomic mass is 35.5. The molecule has 1 aromatic heterocycles. The van der Waals surface area contributed by atoms with Crippen LogP contribution in [0.25, 0.3) is 10.2 Å². The number of thiazole rings is 1. The molecule has 35 heavy (non-hydrogen) atoms. The van der Waals surface area contributed by atoms with Gasteiger partial charge in [0.1, 0.15) is 5.52 Å². The summed E-state index contributed by atoms with van der Waals surface area (Å²) in [5.74, 6) is 1.30. The molecule has 0 aliphatic heterocycles. The first-order chi connectivity index (χ1) is 17.0. The fraction of sp³-hybridized carbons (Fsp3) is 0.462. The second-order valence-electron chi connectivity index (χ2n) is 7.67. The minimum Gasteiger partial charge on any atom is -0.490 e. The summed E-state index contributed by atoms with van der Waals surface area (Å²) in [6.07, 6.45) is 0. The molecular formula is C26H34ClN3O4S. The van der Waals surface area contributed by atoms with E-state index in [1.807, 2.05) is 39.0 Å². The van der Waals surface area contributed by atoms with Gasteiger partial charge in [-0.05, 0) is 58.1 Å². The molecule has 0 fully saturated rings. The van der Waals surface area contributed by atoms with E-state index in [9.17, 15) is 4.79 Å². The Hall–Kier alpha value is -2.55. The summed E-state index contributed by atoms with van der Waals surface area (Å²) in [5, 5.41) is 1.18. The predicted octanol–water partition coefficient (Wildman–Crippen LogP) is 6.13. The Bertz CT molecular complexity index is 1110. The molecule has 3 rings (SSSR count). The number of aromatic nitrogens is 1. The number of hydrogen-bond acceptors (Lipinski definition) is 7. The molecule has 7 nitrogen and oxygen atoms in total. The van der Waals surface area contributed by atoms with Crippen molar-refractivity contribution in [2.24, 2.45) is 0 Å². The van der Waals surface area contributed by atoms with Crippen LogP contribution in [-0.4, -0.2) is 61.8 Å². The molecule has 0 saturated carbocycles. The summed E-state index contributed by atoms with van der Waals surface area (Å²) in [6, 6.07) is 9.12. The number of fused-ring (bicyclic) bond motifs is 1. The lowest BCUT2D eigenvalue weighted by Gasteiger charge is -2.25. The Morgan fingerprint density at radius 2 is 1.57 bits per heavy atom. The predicted molar refractivity (Wildman–Crippen MR) is 144 cm³/mol. The van der Waals surface area contributed by atoms with Gasteiger partial charge in [-0.15, -0.1) is 0 Å². The van der Waals surface area contributed by atoms with Gasteiger partial charge in [-0.2, -0.15) is 0 Å². The van der Waals surface area contributed by atoms with Crippen molar-refractivity contribution >= 4 is 44.2 Å². The Balaban J connectivity index is 2.08. The molecule has 0 radical (unpaired) electrons. The largest absolute Gasteiger partial charge is 0.490 e. The monoisotopic (exact) mass is 519 g/mol. The zero-order chi connectivity index (χ0) is 25.4. The van der Waals surface area contributed by atoms with Crippen molar-refractivity contribution in [1.29, 1.82) is 0 Å². The summed E-state index contributed by atoms with van der Waals surface area (Å²) in [6.45, 7) is 14.2. The van der Waals surface area contributed by atoms with Crippen LogP contribution in [0.15, 0.2) is 30.3 Å². The van der Waals surface area contributed by atoms with Crippen molar-refractivity contribution in [1.82, 2.24) is 9.88 Å². The number of benzene rings is 2. The number of amides is 1. The third-order valence-electron chi connectivity index (χ3n) is 5.52. The molecule has 0 saturated heterocycles. The van der Waals surface area contributed by atoms with E-state index in [0.717, 1.165) is 24.3 Å². The lowest BCUT2D eigenvalue weighted by molar-refractivity contribution is 0.0982. The van der Waals surface area contributed by atoms with Crippen molar-refractivity contribution in [2.75, 3.05) is 50.9 Å². The molecule has 3 aromatic rings. The average molecular weight is 520 g/mol. The maximum absolute atomic E-state index is 14.0. The highest BCUT2D eigenvalue weighted by Crippen LogP contribution is 2.40. The first-order valence-corrected chi connectivity index (χ1v) is 13.3. The van der Waals surface area contributed by atoms with Crippen molar-refractivity contribution < 1.29 is 19.0 Å². The maximum Gasteiger partial charge on any atom is 0.260 e. The fourth-order valence-electron chi connectivity index (χ4n) is 3.75. The number of halogens is 1. The van der Waals surface area contributed by atoms with Crippen LogP contribution in [0.1, 0.15) is 45.0 Å². The SMILES string of the molecule is CCOc1cc(C(=O)N(CCN(CC)CC)c2nc3c(Cl)cccc3s2)cc(OCC)c1OCC. The first-order valence-electron chi connectivity index (χ1n) is 12.1.